The van der Waals surface area contributed by atoms with E-state index in [1.807, 2.05) is 12.1 Å². The van der Waals surface area contributed by atoms with E-state index in [4.69, 9.17) is 5.11 Å². The number of nitrogens with one attached hydrogen (secondary N) is 1. The number of fused-ring (bicyclic) bond motifs is 1. The summed E-state index contributed by atoms with van der Waals surface area (Å²) in [5, 5.41) is 12.3. The highest BCUT2D eigenvalue weighted by molar-refractivity contribution is 5.79. The van der Waals surface area contributed by atoms with Crippen LogP contribution in [0.25, 0.3) is 11.1 Å². The van der Waals surface area contributed by atoms with Crippen molar-refractivity contribution in [3.05, 3.63) is 58.7 Å². The molecule has 0 aliphatic carbocycles. The maximum atomic E-state index is 12.9. The zero-order valence-electron chi connectivity index (χ0n) is 15.8. The quantitative estimate of drug-likeness (QED) is 0.798. The Labute approximate surface area is 166 Å². The third-order valence-corrected chi connectivity index (χ3v) is 4.94. The molecular weight excluding hydrogens is 385 g/mol. The normalized spacial score (nSPS) is 13.7. The van der Waals surface area contributed by atoms with Crippen LogP contribution in [0.1, 0.15) is 29.2 Å². The second-order valence-corrected chi connectivity index (χ2v) is 7.05. The van der Waals surface area contributed by atoms with Gasteiger partial charge in [-0.1, -0.05) is 18.2 Å². The second kappa shape index (κ2) is 8.24. The molecule has 0 saturated heterocycles. The summed E-state index contributed by atoms with van der Waals surface area (Å²) in [6, 6.07) is 8.76. The number of nitrogens with zero attached hydrogens (tertiary/aromatic N) is 1. The van der Waals surface area contributed by atoms with Crippen LogP contribution in [0.2, 0.25) is 0 Å². The van der Waals surface area contributed by atoms with Gasteiger partial charge in [-0.2, -0.15) is 13.2 Å². The number of halogens is 3. The Morgan fingerprint density at radius 3 is 2.45 bits per heavy atom. The van der Waals surface area contributed by atoms with Gasteiger partial charge in [0.2, 0.25) is 5.91 Å². The molecule has 2 aromatic carbocycles. The van der Waals surface area contributed by atoms with Gasteiger partial charge >= 0.3 is 12.1 Å². The van der Waals surface area contributed by atoms with Gasteiger partial charge in [-0.25, -0.2) is 0 Å². The van der Waals surface area contributed by atoms with Crippen molar-refractivity contribution in [1.29, 1.82) is 0 Å². The lowest BCUT2D eigenvalue weighted by atomic mass is 9.89. The molecule has 1 aliphatic rings. The van der Waals surface area contributed by atoms with E-state index in [0.717, 1.165) is 47.4 Å². The molecule has 0 bridgehead atoms. The topological polar surface area (TPSA) is 69.6 Å². The summed E-state index contributed by atoms with van der Waals surface area (Å²) in [7, 11) is 0. The van der Waals surface area contributed by atoms with Crippen molar-refractivity contribution in [2.45, 2.75) is 32.6 Å². The first-order chi connectivity index (χ1) is 13.6. The summed E-state index contributed by atoms with van der Waals surface area (Å²) in [5.41, 5.74) is 3.53. The standard InChI is InChI=1S/C21H21F3N2O3/c1-13(27)26(12-20(28)29)11-14-8-16-6-7-25-10-19(16)18(9-14)15-2-4-17(5-3-15)21(22,23)24/h2-5,8-9,25H,6-7,10-12H2,1H3,(H,28,29). The van der Waals surface area contributed by atoms with Gasteiger partial charge in [0.15, 0.2) is 0 Å². The molecule has 0 atom stereocenters. The molecule has 0 aromatic heterocycles. The first-order valence-electron chi connectivity index (χ1n) is 9.15. The Bertz CT molecular complexity index is 924. The van der Waals surface area contributed by atoms with Crippen LogP contribution >= 0.6 is 0 Å². The second-order valence-electron chi connectivity index (χ2n) is 7.05. The monoisotopic (exact) mass is 406 g/mol. The van der Waals surface area contributed by atoms with E-state index in [2.05, 4.69) is 5.32 Å². The highest BCUT2D eigenvalue weighted by Crippen LogP contribution is 2.34. The lowest BCUT2D eigenvalue weighted by Gasteiger charge is -2.25. The number of rotatable bonds is 5. The van der Waals surface area contributed by atoms with E-state index in [1.165, 1.54) is 24.0 Å². The van der Waals surface area contributed by atoms with Crippen molar-refractivity contribution in [2.75, 3.05) is 13.1 Å². The lowest BCUT2D eigenvalue weighted by molar-refractivity contribution is -0.144. The number of hydrogen-bond donors (Lipinski definition) is 2. The highest BCUT2D eigenvalue weighted by Gasteiger charge is 2.30. The first-order valence-corrected chi connectivity index (χ1v) is 9.15. The minimum absolute atomic E-state index is 0.121. The van der Waals surface area contributed by atoms with Gasteiger partial charge < -0.3 is 15.3 Å². The Kier molecular flexibility index (Phi) is 5.93. The molecule has 8 heteroatoms. The van der Waals surface area contributed by atoms with Gasteiger partial charge in [0.1, 0.15) is 6.54 Å². The molecule has 0 spiro atoms. The zero-order chi connectivity index (χ0) is 21.2. The maximum absolute atomic E-state index is 12.9. The van der Waals surface area contributed by atoms with Crippen LogP contribution in [-0.2, 0) is 35.3 Å². The number of aliphatic carboxylic acids is 1. The molecule has 0 radical (unpaired) electrons. The fraction of sp³-hybridized carbons (Fsp3) is 0.333. The molecule has 29 heavy (non-hydrogen) atoms. The van der Waals surface area contributed by atoms with E-state index in [9.17, 15) is 22.8 Å². The van der Waals surface area contributed by atoms with E-state index in [-0.39, 0.29) is 12.5 Å². The number of carboxylic acid groups (broad SMARTS) is 1. The maximum Gasteiger partial charge on any atom is 0.416 e. The summed E-state index contributed by atoms with van der Waals surface area (Å²) < 4.78 is 38.7. The van der Waals surface area contributed by atoms with E-state index >= 15 is 0 Å². The minimum atomic E-state index is -4.40. The van der Waals surface area contributed by atoms with Crippen molar-refractivity contribution in [3.8, 4) is 11.1 Å². The van der Waals surface area contributed by atoms with E-state index in [0.29, 0.717) is 12.1 Å². The summed E-state index contributed by atoms with van der Waals surface area (Å²) in [6.45, 7) is 2.38. The average molecular weight is 406 g/mol. The molecule has 1 amide bonds. The van der Waals surface area contributed by atoms with Gasteiger partial charge in [0.25, 0.3) is 0 Å². The van der Waals surface area contributed by atoms with Gasteiger partial charge in [-0.05, 0) is 59.0 Å². The molecule has 0 saturated carbocycles. The van der Waals surface area contributed by atoms with E-state index < -0.39 is 24.3 Å². The van der Waals surface area contributed by atoms with Crippen molar-refractivity contribution in [3.63, 3.8) is 0 Å². The van der Waals surface area contributed by atoms with Gasteiger partial charge in [-0.15, -0.1) is 0 Å². The predicted molar refractivity (Wildman–Crippen MR) is 101 cm³/mol. The van der Waals surface area contributed by atoms with Gasteiger partial charge in [0, 0.05) is 20.0 Å². The number of benzene rings is 2. The number of amides is 1. The van der Waals surface area contributed by atoms with Crippen LogP contribution in [0, 0.1) is 0 Å². The van der Waals surface area contributed by atoms with Crippen molar-refractivity contribution < 1.29 is 27.9 Å². The van der Waals surface area contributed by atoms with Crippen LogP contribution in [0.15, 0.2) is 36.4 Å². The average Bonchev–Trinajstić information content (AvgIpc) is 2.66. The number of carbonyl (C=O) groups excluding carboxylic acids is 1. The summed E-state index contributed by atoms with van der Waals surface area (Å²) >= 11 is 0. The predicted octanol–water partition coefficient (Wildman–Crippen LogP) is 3.45. The highest BCUT2D eigenvalue weighted by atomic mass is 19.4. The third kappa shape index (κ3) is 4.95. The van der Waals surface area contributed by atoms with Crippen LogP contribution in [-0.4, -0.2) is 35.0 Å². The minimum Gasteiger partial charge on any atom is -0.480 e. The van der Waals surface area contributed by atoms with Crippen molar-refractivity contribution in [2.24, 2.45) is 0 Å². The Morgan fingerprint density at radius 2 is 1.86 bits per heavy atom. The molecular formula is C21H21F3N2O3. The third-order valence-electron chi connectivity index (χ3n) is 4.94. The molecule has 1 heterocycles. The molecule has 5 nitrogen and oxygen atoms in total. The Morgan fingerprint density at radius 1 is 1.17 bits per heavy atom. The molecule has 0 unspecified atom stereocenters. The lowest BCUT2D eigenvalue weighted by Crippen LogP contribution is -2.33. The molecule has 2 N–H and O–H groups in total. The van der Waals surface area contributed by atoms with Crippen LogP contribution in [0.3, 0.4) is 0 Å². The number of carboxylic acids is 1. The smallest absolute Gasteiger partial charge is 0.416 e. The number of alkyl halides is 3. The van der Waals surface area contributed by atoms with Crippen LogP contribution in [0.4, 0.5) is 13.2 Å². The largest absolute Gasteiger partial charge is 0.480 e. The van der Waals surface area contributed by atoms with Gasteiger partial charge in [-0.3, -0.25) is 9.59 Å². The van der Waals surface area contributed by atoms with Crippen molar-refractivity contribution in [1.82, 2.24) is 10.2 Å². The molecule has 0 fully saturated rings. The molecule has 3 rings (SSSR count). The number of hydrogen-bond acceptors (Lipinski definition) is 3. The Hall–Kier alpha value is -2.87. The fourth-order valence-corrected chi connectivity index (χ4v) is 3.52. The van der Waals surface area contributed by atoms with Crippen LogP contribution in [0.5, 0.6) is 0 Å². The van der Waals surface area contributed by atoms with Gasteiger partial charge in [0.05, 0.1) is 5.56 Å². The van der Waals surface area contributed by atoms with Crippen molar-refractivity contribution >= 4 is 11.9 Å². The molecule has 1 aliphatic heterocycles. The SMILES string of the molecule is CC(=O)N(CC(=O)O)Cc1cc2c(c(-c3ccc(C(F)(F)F)cc3)c1)CNCC2. The summed E-state index contributed by atoms with van der Waals surface area (Å²) in [6.07, 6.45) is -3.66. The Balaban J connectivity index is 2.01. The summed E-state index contributed by atoms with van der Waals surface area (Å²) in [5.74, 6) is -1.46. The zero-order valence-corrected chi connectivity index (χ0v) is 15.8. The van der Waals surface area contributed by atoms with E-state index in [1.54, 1.807) is 0 Å². The fourth-order valence-electron chi connectivity index (χ4n) is 3.52. The van der Waals surface area contributed by atoms with Crippen LogP contribution < -0.4 is 5.32 Å². The molecule has 154 valence electrons. The first kappa shape index (κ1) is 20.9. The summed E-state index contributed by atoms with van der Waals surface area (Å²) in [4.78, 5) is 24.1. The number of carbonyl (C=O) groups is 2. The molecule has 2 aromatic rings.